The highest BCUT2D eigenvalue weighted by Crippen LogP contribution is 2.47. The molecule has 0 bridgehead atoms. The predicted octanol–water partition coefficient (Wildman–Crippen LogP) is 4.97. The summed E-state index contributed by atoms with van der Waals surface area (Å²) in [6, 6.07) is 7.51. The van der Waals surface area contributed by atoms with Crippen LogP contribution in [-0.2, 0) is 20.9 Å². The normalized spacial score (nSPS) is 21.1. The molecule has 0 unspecified atom stereocenters. The van der Waals surface area contributed by atoms with Gasteiger partial charge in [-0.25, -0.2) is 0 Å². The van der Waals surface area contributed by atoms with Crippen LogP contribution >= 0.6 is 0 Å². The van der Waals surface area contributed by atoms with Crippen molar-refractivity contribution < 1.29 is 19.1 Å². The Hall–Kier alpha value is -1.88. The van der Waals surface area contributed by atoms with Gasteiger partial charge in [0.25, 0.3) is 0 Å². The average molecular weight is 404 g/mol. The largest absolute Gasteiger partial charge is 0.497 e. The number of amides is 2. The molecule has 5 heteroatoms. The Morgan fingerprint density at radius 3 is 2.34 bits per heavy atom. The molecule has 1 aliphatic rings. The van der Waals surface area contributed by atoms with Crippen LogP contribution in [-0.4, -0.2) is 36.0 Å². The first kappa shape index (κ1) is 23.4. The third-order valence-electron chi connectivity index (χ3n) is 6.34. The number of ether oxygens (including phenoxy) is 2. The van der Waals surface area contributed by atoms with Crippen LogP contribution in [0.1, 0.15) is 72.3 Å². The monoisotopic (exact) mass is 403 g/mol. The molecule has 0 aromatic heterocycles. The molecule has 2 amide bonds. The van der Waals surface area contributed by atoms with Gasteiger partial charge in [-0.2, -0.15) is 0 Å². The minimum Gasteiger partial charge on any atom is -0.497 e. The summed E-state index contributed by atoms with van der Waals surface area (Å²) >= 11 is 0. The first-order valence-corrected chi connectivity index (χ1v) is 10.7. The molecule has 1 atom stereocenters. The van der Waals surface area contributed by atoms with E-state index in [1.807, 2.05) is 24.3 Å². The Bertz CT molecular complexity index is 695. The highest BCUT2D eigenvalue weighted by Gasteiger charge is 2.43. The van der Waals surface area contributed by atoms with Gasteiger partial charge >= 0.3 is 0 Å². The fourth-order valence-corrected chi connectivity index (χ4v) is 4.42. The minimum atomic E-state index is -0.173. The van der Waals surface area contributed by atoms with Gasteiger partial charge in [0.15, 0.2) is 0 Å². The molecule has 0 N–H and O–H groups in total. The van der Waals surface area contributed by atoms with Crippen LogP contribution < -0.4 is 4.74 Å². The zero-order valence-electron chi connectivity index (χ0n) is 18.9. The van der Waals surface area contributed by atoms with Crippen molar-refractivity contribution in [1.29, 1.82) is 0 Å². The summed E-state index contributed by atoms with van der Waals surface area (Å²) in [5.41, 5.74) is 0.818. The Morgan fingerprint density at radius 2 is 1.83 bits per heavy atom. The van der Waals surface area contributed by atoms with Crippen molar-refractivity contribution in [2.45, 2.75) is 78.9 Å². The van der Waals surface area contributed by atoms with E-state index in [2.05, 4.69) is 27.7 Å². The van der Waals surface area contributed by atoms with Gasteiger partial charge in [-0.15, -0.1) is 0 Å². The lowest BCUT2D eigenvalue weighted by atomic mass is 9.64. The summed E-state index contributed by atoms with van der Waals surface area (Å²) < 4.78 is 11.1. The van der Waals surface area contributed by atoms with E-state index in [1.54, 1.807) is 14.0 Å². The number of benzene rings is 1. The molecule has 1 aromatic rings. The van der Waals surface area contributed by atoms with E-state index in [9.17, 15) is 9.59 Å². The quantitative estimate of drug-likeness (QED) is 0.615. The summed E-state index contributed by atoms with van der Waals surface area (Å²) in [6.07, 6.45) is 3.38. The summed E-state index contributed by atoms with van der Waals surface area (Å²) in [7, 11) is 1.62. The van der Waals surface area contributed by atoms with Gasteiger partial charge in [-0.1, -0.05) is 32.9 Å². The van der Waals surface area contributed by atoms with E-state index in [4.69, 9.17) is 9.47 Å². The highest BCUT2D eigenvalue weighted by molar-refractivity contribution is 5.95. The summed E-state index contributed by atoms with van der Waals surface area (Å²) in [4.78, 5) is 27.0. The molecule has 0 spiro atoms. The van der Waals surface area contributed by atoms with Crippen LogP contribution in [0.15, 0.2) is 24.3 Å². The molecular weight excluding hydrogens is 366 g/mol. The summed E-state index contributed by atoms with van der Waals surface area (Å²) in [5.74, 6) is 0.999. The number of carbonyl (C=O) groups excluding carboxylic acids is 2. The maximum absolute atomic E-state index is 13.1. The zero-order valence-corrected chi connectivity index (χ0v) is 18.9. The second-order valence-electron chi connectivity index (χ2n) is 9.13. The fraction of sp³-hybridized carbons (Fsp3) is 0.667. The van der Waals surface area contributed by atoms with Gasteiger partial charge in [0.2, 0.25) is 11.8 Å². The van der Waals surface area contributed by atoms with Crippen LogP contribution in [0.4, 0.5) is 0 Å². The van der Waals surface area contributed by atoms with Gasteiger partial charge < -0.3 is 9.47 Å². The van der Waals surface area contributed by atoms with Crippen LogP contribution in [0, 0.1) is 11.3 Å². The van der Waals surface area contributed by atoms with Crippen molar-refractivity contribution in [3.63, 3.8) is 0 Å². The van der Waals surface area contributed by atoms with Crippen molar-refractivity contribution in [2.24, 2.45) is 11.3 Å². The Balaban J connectivity index is 2.11. The smallest absolute Gasteiger partial charge is 0.229 e. The molecule has 1 aliphatic heterocycles. The third-order valence-corrected chi connectivity index (χ3v) is 6.34. The summed E-state index contributed by atoms with van der Waals surface area (Å²) in [6.45, 7) is 11.6. The second-order valence-corrected chi connectivity index (χ2v) is 9.13. The second kappa shape index (κ2) is 9.75. The van der Waals surface area contributed by atoms with Gasteiger partial charge in [0.1, 0.15) is 5.75 Å². The summed E-state index contributed by atoms with van der Waals surface area (Å²) in [5, 5.41) is 0. The maximum atomic E-state index is 13.1. The lowest BCUT2D eigenvalue weighted by Crippen LogP contribution is -2.45. The SMILES string of the molecule is CCC(=O)N(Cc1ccc(OC)cc1)C(=O)CC[C@]1(C(C)C)CCOC(C)(C)C1. The van der Waals surface area contributed by atoms with Crippen molar-refractivity contribution in [3.8, 4) is 5.75 Å². The number of imide groups is 1. The molecular formula is C24H37NO4. The maximum Gasteiger partial charge on any atom is 0.229 e. The number of methoxy groups -OCH3 is 1. The standard InChI is InChI=1S/C24H37NO4/c1-7-21(26)25(16-19-8-10-20(28-6)11-9-19)22(27)12-13-24(18(2)3)14-15-29-23(4,5)17-24/h8-11,18H,7,12-17H2,1-6H3/t24-/m0/s1. The van der Waals surface area contributed by atoms with Gasteiger partial charge in [0, 0.05) is 19.4 Å². The number of rotatable bonds is 8. The molecule has 1 saturated heterocycles. The Labute approximate surface area is 175 Å². The molecule has 0 aliphatic carbocycles. The van der Waals surface area contributed by atoms with Crippen LogP contribution in [0.3, 0.4) is 0 Å². The molecule has 1 heterocycles. The first-order chi connectivity index (χ1) is 13.6. The van der Waals surface area contributed by atoms with Gasteiger partial charge in [-0.3, -0.25) is 14.5 Å². The third kappa shape index (κ3) is 6.05. The van der Waals surface area contributed by atoms with E-state index in [0.717, 1.165) is 37.2 Å². The number of hydrogen-bond acceptors (Lipinski definition) is 4. The number of hydrogen-bond donors (Lipinski definition) is 0. The van der Waals surface area contributed by atoms with E-state index in [-0.39, 0.29) is 22.8 Å². The molecule has 0 saturated carbocycles. The molecule has 0 radical (unpaired) electrons. The molecule has 162 valence electrons. The van der Waals surface area contributed by atoms with Gasteiger partial charge in [0.05, 0.1) is 19.3 Å². The van der Waals surface area contributed by atoms with Crippen LogP contribution in [0.2, 0.25) is 0 Å². The van der Waals surface area contributed by atoms with Crippen LogP contribution in [0.25, 0.3) is 0 Å². The Morgan fingerprint density at radius 1 is 1.17 bits per heavy atom. The van der Waals surface area contributed by atoms with E-state index in [0.29, 0.717) is 25.3 Å². The lowest BCUT2D eigenvalue weighted by molar-refractivity contribution is -0.148. The van der Waals surface area contributed by atoms with Crippen molar-refractivity contribution >= 4 is 11.8 Å². The van der Waals surface area contributed by atoms with Crippen molar-refractivity contribution in [1.82, 2.24) is 4.90 Å². The number of nitrogens with zero attached hydrogens (tertiary/aromatic N) is 1. The zero-order chi connectivity index (χ0) is 21.7. The highest BCUT2D eigenvalue weighted by atomic mass is 16.5. The Kier molecular flexibility index (Phi) is 7.87. The lowest BCUT2D eigenvalue weighted by Gasteiger charge is -2.48. The van der Waals surface area contributed by atoms with E-state index in [1.165, 1.54) is 4.90 Å². The van der Waals surface area contributed by atoms with Crippen LogP contribution in [0.5, 0.6) is 5.75 Å². The predicted molar refractivity (Wildman–Crippen MR) is 115 cm³/mol. The molecule has 1 fully saturated rings. The van der Waals surface area contributed by atoms with E-state index < -0.39 is 0 Å². The van der Waals surface area contributed by atoms with E-state index >= 15 is 0 Å². The van der Waals surface area contributed by atoms with Gasteiger partial charge in [-0.05, 0) is 62.1 Å². The molecule has 2 rings (SSSR count). The molecule has 1 aromatic carbocycles. The fourth-order valence-electron chi connectivity index (χ4n) is 4.42. The molecule has 29 heavy (non-hydrogen) atoms. The topological polar surface area (TPSA) is 55.8 Å². The number of carbonyl (C=O) groups is 2. The first-order valence-electron chi connectivity index (χ1n) is 10.7. The van der Waals surface area contributed by atoms with Crippen molar-refractivity contribution in [3.05, 3.63) is 29.8 Å². The molecule has 5 nitrogen and oxygen atoms in total. The average Bonchev–Trinajstić information content (AvgIpc) is 2.69. The van der Waals surface area contributed by atoms with Crippen molar-refractivity contribution in [2.75, 3.05) is 13.7 Å². The minimum absolute atomic E-state index is 0.0679.